The molecule has 0 bridgehead atoms. The predicted molar refractivity (Wildman–Crippen MR) is 89.4 cm³/mol. The highest BCUT2D eigenvalue weighted by molar-refractivity contribution is 6.42. The molecule has 2 aromatic carbocycles. The van der Waals surface area contributed by atoms with Gasteiger partial charge in [-0.2, -0.15) is 0 Å². The Kier molecular flexibility index (Phi) is 4.53. The third-order valence-electron chi connectivity index (χ3n) is 3.42. The number of carbonyl (C=O) groups is 2. The van der Waals surface area contributed by atoms with E-state index in [-0.39, 0.29) is 10.7 Å². The fourth-order valence-corrected chi connectivity index (χ4v) is 2.33. The first-order chi connectivity index (χ1) is 11.5. The largest absolute Gasteiger partial charge is 0.415 e. The third-order valence-corrected chi connectivity index (χ3v) is 3.78. The Bertz CT molecular complexity index is 800. The van der Waals surface area contributed by atoms with Crippen LogP contribution in [0.4, 0.5) is 5.69 Å². The van der Waals surface area contributed by atoms with E-state index in [2.05, 4.69) is 5.32 Å². The smallest absolute Gasteiger partial charge is 0.355 e. The lowest BCUT2D eigenvalue weighted by Gasteiger charge is -2.16. The van der Waals surface area contributed by atoms with E-state index in [1.165, 1.54) is 0 Å². The van der Waals surface area contributed by atoms with Gasteiger partial charge in [-0.3, -0.25) is 0 Å². The van der Waals surface area contributed by atoms with E-state index >= 15 is 0 Å². The molecule has 2 aromatic rings. The van der Waals surface area contributed by atoms with Gasteiger partial charge in [-0.25, -0.2) is 9.59 Å². The molecular formula is C18H14ClNO4. The minimum Gasteiger partial charge on any atom is -0.415 e. The number of halogens is 1. The number of esters is 2. The second-order valence-electron chi connectivity index (χ2n) is 5.23. The van der Waals surface area contributed by atoms with Crippen molar-refractivity contribution in [1.29, 1.82) is 0 Å². The van der Waals surface area contributed by atoms with Crippen LogP contribution in [-0.2, 0) is 14.3 Å². The Morgan fingerprint density at radius 2 is 1.79 bits per heavy atom. The standard InChI is InChI=1S/C18H14ClNO4/c1-11-7-9-13(10-8-11)20-15-14(19)17(22)24-18(15)23-16(21)12-5-3-2-4-6-12/h2-10,18,20H,1H3. The number of cyclic esters (lactones) is 1. The van der Waals surface area contributed by atoms with Crippen LogP contribution in [-0.4, -0.2) is 18.2 Å². The molecule has 1 atom stereocenters. The average Bonchev–Trinajstić information content (AvgIpc) is 2.85. The van der Waals surface area contributed by atoms with Crippen molar-refractivity contribution in [1.82, 2.24) is 0 Å². The van der Waals surface area contributed by atoms with Crippen molar-refractivity contribution in [3.63, 3.8) is 0 Å². The summed E-state index contributed by atoms with van der Waals surface area (Å²) in [5.41, 5.74) is 2.35. The molecule has 0 aromatic heterocycles. The van der Waals surface area contributed by atoms with E-state index in [0.29, 0.717) is 11.3 Å². The first-order valence-corrected chi connectivity index (χ1v) is 7.63. The number of anilines is 1. The number of rotatable bonds is 4. The molecule has 1 heterocycles. The summed E-state index contributed by atoms with van der Waals surface area (Å²) in [6, 6.07) is 15.9. The van der Waals surface area contributed by atoms with Crippen molar-refractivity contribution < 1.29 is 19.1 Å². The normalized spacial score (nSPS) is 16.8. The zero-order valence-electron chi connectivity index (χ0n) is 12.8. The highest BCUT2D eigenvalue weighted by Gasteiger charge is 2.36. The summed E-state index contributed by atoms with van der Waals surface area (Å²) in [5.74, 6) is -1.35. The second kappa shape index (κ2) is 6.76. The Morgan fingerprint density at radius 1 is 1.12 bits per heavy atom. The number of nitrogens with one attached hydrogen (secondary N) is 1. The van der Waals surface area contributed by atoms with Crippen LogP contribution in [0.1, 0.15) is 15.9 Å². The summed E-state index contributed by atoms with van der Waals surface area (Å²) < 4.78 is 10.3. The van der Waals surface area contributed by atoms with Gasteiger partial charge in [-0.15, -0.1) is 0 Å². The fourth-order valence-electron chi connectivity index (χ4n) is 2.15. The van der Waals surface area contributed by atoms with Gasteiger partial charge in [0.15, 0.2) is 5.03 Å². The van der Waals surface area contributed by atoms with E-state index in [0.717, 1.165) is 5.56 Å². The maximum Gasteiger partial charge on any atom is 0.355 e. The fraction of sp³-hybridized carbons (Fsp3) is 0.111. The Labute approximate surface area is 143 Å². The first-order valence-electron chi connectivity index (χ1n) is 7.25. The summed E-state index contributed by atoms with van der Waals surface area (Å²) in [7, 11) is 0. The van der Waals surface area contributed by atoms with Crippen molar-refractivity contribution in [3.05, 3.63) is 76.5 Å². The number of benzene rings is 2. The van der Waals surface area contributed by atoms with Gasteiger partial charge in [-0.1, -0.05) is 47.5 Å². The Balaban J connectivity index is 1.78. The number of hydrogen-bond donors (Lipinski definition) is 1. The number of hydrogen-bond acceptors (Lipinski definition) is 5. The molecule has 1 unspecified atom stereocenters. The van der Waals surface area contributed by atoms with Crippen LogP contribution in [0.3, 0.4) is 0 Å². The molecule has 1 aliphatic heterocycles. The molecular weight excluding hydrogens is 330 g/mol. The topological polar surface area (TPSA) is 64.6 Å². The van der Waals surface area contributed by atoms with E-state index in [9.17, 15) is 9.59 Å². The van der Waals surface area contributed by atoms with Gasteiger partial charge in [0.25, 0.3) is 6.29 Å². The summed E-state index contributed by atoms with van der Waals surface area (Å²) in [6.45, 7) is 1.96. The summed E-state index contributed by atoms with van der Waals surface area (Å²) in [5, 5.41) is 2.84. The molecule has 1 N–H and O–H groups in total. The number of ether oxygens (including phenoxy) is 2. The predicted octanol–water partition coefficient (Wildman–Crippen LogP) is 3.60. The minimum absolute atomic E-state index is 0.138. The van der Waals surface area contributed by atoms with Crippen LogP contribution in [0.5, 0.6) is 0 Å². The molecule has 0 radical (unpaired) electrons. The van der Waals surface area contributed by atoms with Crippen molar-refractivity contribution >= 4 is 29.2 Å². The molecule has 0 saturated heterocycles. The lowest BCUT2D eigenvalue weighted by atomic mass is 10.2. The quantitative estimate of drug-likeness (QED) is 0.859. The first kappa shape index (κ1) is 16.1. The SMILES string of the molecule is Cc1ccc(NC2=C(Cl)C(=O)OC2OC(=O)c2ccccc2)cc1. The zero-order valence-corrected chi connectivity index (χ0v) is 13.5. The molecule has 0 saturated carbocycles. The summed E-state index contributed by atoms with van der Waals surface area (Å²) in [4.78, 5) is 23.9. The summed E-state index contributed by atoms with van der Waals surface area (Å²) >= 11 is 5.99. The molecule has 6 heteroatoms. The second-order valence-corrected chi connectivity index (χ2v) is 5.61. The lowest BCUT2D eigenvalue weighted by Crippen LogP contribution is -2.24. The highest BCUT2D eigenvalue weighted by Crippen LogP contribution is 2.28. The van der Waals surface area contributed by atoms with Gasteiger partial charge in [0.2, 0.25) is 0 Å². The molecule has 5 nitrogen and oxygen atoms in total. The van der Waals surface area contributed by atoms with E-state index in [4.69, 9.17) is 21.1 Å². The van der Waals surface area contributed by atoms with Crippen LogP contribution in [0.25, 0.3) is 0 Å². The van der Waals surface area contributed by atoms with E-state index < -0.39 is 18.2 Å². The molecule has 0 aliphatic carbocycles. The van der Waals surface area contributed by atoms with Crippen LogP contribution < -0.4 is 5.32 Å². The van der Waals surface area contributed by atoms with Crippen LogP contribution in [0.2, 0.25) is 0 Å². The number of aryl methyl sites for hydroxylation is 1. The van der Waals surface area contributed by atoms with Crippen molar-refractivity contribution in [2.75, 3.05) is 5.32 Å². The van der Waals surface area contributed by atoms with Crippen LogP contribution >= 0.6 is 11.6 Å². The third kappa shape index (κ3) is 3.41. The van der Waals surface area contributed by atoms with Gasteiger partial charge in [0, 0.05) is 5.69 Å². The van der Waals surface area contributed by atoms with Gasteiger partial charge in [0.1, 0.15) is 5.70 Å². The van der Waals surface area contributed by atoms with Gasteiger partial charge in [-0.05, 0) is 31.2 Å². The molecule has 1 aliphatic rings. The lowest BCUT2D eigenvalue weighted by molar-refractivity contribution is -0.152. The van der Waals surface area contributed by atoms with Crippen molar-refractivity contribution in [3.8, 4) is 0 Å². The van der Waals surface area contributed by atoms with Gasteiger partial charge >= 0.3 is 11.9 Å². The van der Waals surface area contributed by atoms with Crippen molar-refractivity contribution in [2.24, 2.45) is 0 Å². The Hall–Kier alpha value is -2.79. The van der Waals surface area contributed by atoms with Crippen LogP contribution in [0, 0.1) is 6.92 Å². The highest BCUT2D eigenvalue weighted by atomic mass is 35.5. The average molecular weight is 344 g/mol. The van der Waals surface area contributed by atoms with Gasteiger partial charge in [0.05, 0.1) is 5.56 Å². The number of carbonyl (C=O) groups excluding carboxylic acids is 2. The molecule has 24 heavy (non-hydrogen) atoms. The Morgan fingerprint density at radius 3 is 2.46 bits per heavy atom. The molecule has 0 spiro atoms. The monoisotopic (exact) mass is 343 g/mol. The molecule has 0 amide bonds. The maximum atomic E-state index is 12.1. The van der Waals surface area contributed by atoms with Gasteiger partial charge < -0.3 is 14.8 Å². The zero-order chi connectivity index (χ0) is 17.1. The maximum absolute atomic E-state index is 12.1. The molecule has 3 rings (SSSR count). The molecule has 0 fully saturated rings. The van der Waals surface area contributed by atoms with E-state index in [1.54, 1.807) is 30.3 Å². The molecule has 122 valence electrons. The summed E-state index contributed by atoms with van der Waals surface area (Å²) in [6.07, 6.45) is -1.21. The van der Waals surface area contributed by atoms with Crippen molar-refractivity contribution in [2.45, 2.75) is 13.2 Å². The minimum atomic E-state index is -1.21. The van der Waals surface area contributed by atoms with E-state index in [1.807, 2.05) is 31.2 Å². The van der Waals surface area contributed by atoms with Crippen LogP contribution in [0.15, 0.2) is 65.3 Å².